The lowest BCUT2D eigenvalue weighted by Gasteiger charge is -2.24. The van der Waals surface area contributed by atoms with Crippen LogP contribution in [-0.2, 0) is 16.0 Å². The fourth-order valence-corrected chi connectivity index (χ4v) is 3.61. The molecule has 126 valence electrons. The smallest absolute Gasteiger partial charge is 0.222 e. The number of amides is 1. The van der Waals surface area contributed by atoms with Crippen molar-refractivity contribution >= 4 is 5.91 Å². The van der Waals surface area contributed by atoms with E-state index in [1.165, 1.54) is 12.1 Å². The molecule has 1 atom stereocenters. The molecule has 2 aliphatic heterocycles. The Labute approximate surface area is 135 Å². The number of nitrogens with zero attached hydrogens (tertiary/aromatic N) is 1. The summed E-state index contributed by atoms with van der Waals surface area (Å²) in [5, 5.41) is 0. The van der Waals surface area contributed by atoms with Crippen molar-refractivity contribution < 1.29 is 18.3 Å². The third-order valence-electron chi connectivity index (χ3n) is 4.89. The Balaban J connectivity index is 1.50. The third-order valence-corrected chi connectivity index (χ3v) is 4.89. The van der Waals surface area contributed by atoms with Gasteiger partial charge in [0.25, 0.3) is 0 Å². The molecule has 5 heteroatoms. The molecule has 2 heterocycles. The van der Waals surface area contributed by atoms with Crippen LogP contribution in [0.25, 0.3) is 0 Å². The van der Waals surface area contributed by atoms with Crippen molar-refractivity contribution in [3.63, 3.8) is 0 Å². The molecular weight excluding hydrogens is 300 g/mol. The Hall–Kier alpha value is -1.49. The predicted octanol–water partition coefficient (Wildman–Crippen LogP) is 3.17. The second-order valence-electron chi connectivity index (χ2n) is 6.74. The van der Waals surface area contributed by atoms with E-state index in [1.807, 2.05) is 4.90 Å². The van der Waals surface area contributed by atoms with Crippen molar-refractivity contribution in [2.75, 3.05) is 26.3 Å². The van der Waals surface area contributed by atoms with Crippen LogP contribution in [0.5, 0.6) is 0 Å². The summed E-state index contributed by atoms with van der Waals surface area (Å²) in [6.07, 6.45) is 4.05. The van der Waals surface area contributed by atoms with Crippen molar-refractivity contribution in [1.82, 2.24) is 4.90 Å². The summed E-state index contributed by atoms with van der Waals surface area (Å²) in [7, 11) is 0. The zero-order valence-corrected chi connectivity index (χ0v) is 13.3. The quantitative estimate of drug-likeness (QED) is 0.852. The van der Waals surface area contributed by atoms with E-state index in [0.717, 1.165) is 45.1 Å². The van der Waals surface area contributed by atoms with E-state index in [-0.39, 0.29) is 11.8 Å². The van der Waals surface area contributed by atoms with Crippen molar-refractivity contribution in [2.24, 2.45) is 11.8 Å². The van der Waals surface area contributed by atoms with Gasteiger partial charge in [0.1, 0.15) is 11.6 Å². The lowest BCUT2D eigenvalue weighted by molar-refractivity contribution is -0.132. The predicted molar refractivity (Wildman–Crippen MR) is 82.9 cm³/mol. The average Bonchev–Trinajstić information content (AvgIpc) is 2.96. The van der Waals surface area contributed by atoms with E-state index in [4.69, 9.17) is 4.74 Å². The molecule has 0 aromatic heterocycles. The maximum absolute atomic E-state index is 13.3. The molecule has 0 aliphatic carbocycles. The van der Waals surface area contributed by atoms with Gasteiger partial charge in [0.05, 0.1) is 0 Å². The zero-order valence-electron chi connectivity index (χ0n) is 13.3. The number of hydrogen-bond acceptors (Lipinski definition) is 2. The van der Waals surface area contributed by atoms with E-state index in [9.17, 15) is 13.6 Å². The Bertz CT molecular complexity index is 538. The van der Waals surface area contributed by atoms with Crippen LogP contribution in [0.15, 0.2) is 18.2 Å². The number of carbonyl (C=O) groups excluding carboxylic acids is 1. The lowest BCUT2D eigenvalue weighted by Crippen LogP contribution is -2.31. The summed E-state index contributed by atoms with van der Waals surface area (Å²) >= 11 is 0. The molecule has 1 unspecified atom stereocenters. The van der Waals surface area contributed by atoms with Gasteiger partial charge in [-0.15, -0.1) is 0 Å². The van der Waals surface area contributed by atoms with E-state index < -0.39 is 11.6 Å². The summed E-state index contributed by atoms with van der Waals surface area (Å²) in [6.45, 7) is 2.96. The van der Waals surface area contributed by atoms with Gasteiger partial charge in [-0.05, 0) is 55.2 Å². The molecule has 2 saturated heterocycles. The summed E-state index contributed by atoms with van der Waals surface area (Å²) in [6, 6.07) is 3.66. The number of halogens is 2. The van der Waals surface area contributed by atoms with Crippen LogP contribution in [0, 0.1) is 23.5 Å². The first-order valence-corrected chi connectivity index (χ1v) is 8.40. The molecule has 23 heavy (non-hydrogen) atoms. The molecule has 0 saturated carbocycles. The molecule has 0 bridgehead atoms. The van der Waals surface area contributed by atoms with Crippen LogP contribution >= 0.6 is 0 Å². The van der Waals surface area contributed by atoms with Crippen LogP contribution in [0.3, 0.4) is 0 Å². The highest BCUT2D eigenvalue weighted by Crippen LogP contribution is 2.25. The average molecular weight is 323 g/mol. The molecule has 3 nitrogen and oxygen atoms in total. The summed E-state index contributed by atoms with van der Waals surface area (Å²) in [4.78, 5) is 14.3. The first kappa shape index (κ1) is 16.4. The van der Waals surface area contributed by atoms with Crippen LogP contribution in [-0.4, -0.2) is 37.1 Å². The zero-order chi connectivity index (χ0) is 16.2. The van der Waals surface area contributed by atoms with Gasteiger partial charge >= 0.3 is 0 Å². The third kappa shape index (κ3) is 4.50. The highest BCUT2D eigenvalue weighted by atomic mass is 19.1. The maximum Gasteiger partial charge on any atom is 0.222 e. The Kier molecular flexibility index (Phi) is 5.26. The highest BCUT2D eigenvalue weighted by molar-refractivity contribution is 5.76. The summed E-state index contributed by atoms with van der Waals surface area (Å²) < 4.78 is 31.8. The van der Waals surface area contributed by atoms with Gasteiger partial charge < -0.3 is 9.64 Å². The minimum Gasteiger partial charge on any atom is -0.381 e. The largest absolute Gasteiger partial charge is 0.381 e. The van der Waals surface area contributed by atoms with Crippen molar-refractivity contribution in [3.05, 3.63) is 35.4 Å². The standard InChI is InChI=1S/C18H23F2NO2/c19-16-8-15(9-17(20)11-16)7-14-1-4-21(12-14)18(22)10-13-2-5-23-6-3-13/h8-9,11,13-14H,1-7,10,12H2. The number of hydrogen-bond donors (Lipinski definition) is 0. The maximum atomic E-state index is 13.3. The van der Waals surface area contributed by atoms with E-state index >= 15 is 0 Å². The summed E-state index contributed by atoms with van der Waals surface area (Å²) in [5.41, 5.74) is 0.672. The van der Waals surface area contributed by atoms with Gasteiger partial charge in [0.2, 0.25) is 5.91 Å². The first-order chi connectivity index (χ1) is 11.1. The van der Waals surface area contributed by atoms with Crippen LogP contribution in [0.1, 0.15) is 31.2 Å². The summed E-state index contributed by atoms with van der Waals surface area (Å²) in [5.74, 6) is -0.136. The monoisotopic (exact) mass is 323 g/mol. The molecule has 1 amide bonds. The Morgan fingerprint density at radius 1 is 1.09 bits per heavy atom. The number of rotatable bonds is 4. The molecule has 1 aromatic rings. The number of ether oxygens (including phenoxy) is 1. The number of likely N-dealkylation sites (tertiary alicyclic amines) is 1. The van der Waals surface area contributed by atoms with Crippen molar-refractivity contribution in [2.45, 2.75) is 32.1 Å². The SMILES string of the molecule is O=C(CC1CCOCC1)N1CCC(Cc2cc(F)cc(F)c2)C1. The fourth-order valence-electron chi connectivity index (χ4n) is 3.61. The van der Waals surface area contributed by atoms with Crippen LogP contribution in [0.2, 0.25) is 0 Å². The van der Waals surface area contributed by atoms with Gasteiger partial charge in [-0.3, -0.25) is 4.79 Å². The van der Waals surface area contributed by atoms with Crippen molar-refractivity contribution in [1.29, 1.82) is 0 Å². The van der Waals surface area contributed by atoms with Crippen molar-refractivity contribution in [3.8, 4) is 0 Å². The first-order valence-electron chi connectivity index (χ1n) is 8.40. The number of carbonyl (C=O) groups is 1. The fraction of sp³-hybridized carbons (Fsp3) is 0.611. The van der Waals surface area contributed by atoms with E-state index in [1.54, 1.807) is 0 Å². The molecule has 0 spiro atoms. The Morgan fingerprint density at radius 2 is 1.78 bits per heavy atom. The Morgan fingerprint density at radius 3 is 2.48 bits per heavy atom. The molecule has 1 aromatic carbocycles. The highest BCUT2D eigenvalue weighted by Gasteiger charge is 2.28. The second-order valence-corrected chi connectivity index (χ2v) is 6.74. The van der Waals surface area contributed by atoms with Gasteiger partial charge in [-0.2, -0.15) is 0 Å². The normalized spacial score (nSPS) is 22.5. The van der Waals surface area contributed by atoms with Crippen LogP contribution in [0.4, 0.5) is 8.78 Å². The molecule has 0 N–H and O–H groups in total. The molecule has 2 fully saturated rings. The van der Waals surface area contributed by atoms with Gasteiger partial charge in [-0.25, -0.2) is 8.78 Å². The molecule has 3 rings (SSSR count). The molecule has 0 radical (unpaired) electrons. The number of benzene rings is 1. The topological polar surface area (TPSA) is 29.5 Å². The van der Waals surface area contributed by atoms with E-state index in [2.05, 4.69) is 0 Å². The van der Waals surface area contributed by atoms with Gasteiger partial charge in [0.15, 0.2) is 0 Å². The minimum absolute atomic E-state index is 0.213. The van der Waals surface area contributed by atoms with Gasteiger partial charge in [0, 0.05) is 38.8 Å². The lowest BCUT2D eigenvalue weighted by atomic mass is 9.96. The molecule has 2 aliphatic rings. The second kappa shape index (κ2) is 7.39. The minimum atomic E-state index is -0.537. The van der Waals surface area contributed by atoms with E-state index in [0.29, 0.717) is 30.9 Å². The molecular formula is C18H23F2NO2. The van der Waals surface area contributed by atoms with Crippen LogP contribution < -0.4 is 0 Å². The van der Waals surface area contributed by atoms with Gasteiger partial charge in [-0.1, -0.05) is 0 Å².